The summed E-state index contributed by atoms with van der Waals surface area (Å²) in [6.07, 6.45) is 11.2. The van der Waals surface area contributed by atoms with E-state index >= 15 is 0 Å². The molecule has 1 N–H and O–H groups in total. The summed E-state index contributed by atoms with van der Waals surface area (Å²) in [6, 6.07) is 10.5. The molecule has 1 aromatic carbocycles. The zero-order valence-electron chi connectivity index (χ0n) is 10.3. The molecule has 2 rings (SSSR count). The first kappa shape index (κ1) is 12.1. The molecule has 0 aliphatic heterocycles. The monoisotopic (exact) mass is 228 g/mol. The highest BCUT2D eigenvalue weighted by Crippen LogP contribution is 2.28. The third kappa shape index (κ3) is 3.31. The fourth-order valence-corrected chi connectivity index (χ4v) is 2.33. The van der Waals surface area contributed by atoms with Gasteiger partial charge in [-0.1, -0.05) is 54.6 Å². The quantitative estimate of drug-likeness (QED) is 0.836. The van der Waals surface area contributed by atoms with E-state index < -0.39 is 5.60 Å². The standard InChI is InChI=1S/C16H20O/c1-16(17)13-6-5-11-15(16)12-7-10-14-8-3-2-4-9-14/h2-6,8-9,11,13,15,17H,7,10,12H2,1H3. The second-order valence-electron chi connectivity index (χ2n) is 4.95. The Morgan fingerprint density at radius 2 is 1.94 bits per heavy atom. The van der Waals surface area contributed by atoms with Gasteiger partial charge in [-0.05, 0) is 31.7 Å². The van der Waals surface area contributed by atoms with Gasteiger partial charge in [-0.25, -0.2) is 0 Å². The van der Waals surface area contributed by atoms with E-state index in [-0.39, 0.29) is 5.92 Å². The lowest BCUT2D eigenvalue weighted by molar-refractivity contribution is 0.0610. The van der Waals surface area contributed by atoms with E-state index in [1.807, 2.05) is 31.2 Å². The largest absolute Gasteiger partial charge is 0.385 e. The topological polar surface area (TPSA) is 20.2 Å². The molecule has 90 valence electrons. The third-order valence-electron chi connectivity index (χ3n) is 3.46. The molecule has 1 nitrogen and oxygen atoms in total. The summed E-state index contributed by atoms with van der Waals surface area (Å²) < 4.78 is 0. The molecule has 0 spiro atoms. The molecular formula is C16H20O. The van der Waals surface area contributed by atoms with Crippen molar-refractivity contribution in [2.45, 2.75) is 31.8 Å². The maximum absolute atomic E-state index is 10.2. The molecule has 0 amide bonds. The molecule has 0 saturated heterocycles. The van der Waals surface area contributed by atoms with Crippen LogP contribution in [-0.2, 0) is 6.42 Å². The second-order valence-corrected chi connectivity index (χ2v) is 4.95. The van der Waals surface area contributed by atoms with Crippen molar-refractivity contribution in [2.24, 2.45) is 5.92 Å². The van der Waals surface area contributed by atoms with Gasteiger partial charge in [0.15, 0.2) is 0 Å². The highest BCUT2D eigenvalue weighted by molar-refractivity contribution is 5.20. The van der Waals surface area contributed by atoms with Crippen LogP contribution in [0.4, 0.5) is 0 Å². The summed E-state index contributed by atoms with van der Waals surface area (Å²) in [5.74, 6) is 0.246. The summed E-state index contributed by atoms with van der Waals surface area (Å²) in [5, 5.41) is 10.2. The van der Waals surface area contributed by atoms with E-state index in [0.717, 1.165) is 19.3 Å². The van der Waals surface area contributed by atoms with Crippen LogP contribution in [0, 0.1) is 5.92 Å². The summed E-state index contributed by atoms with van der Waals surface area (Å²) in [5.41, 5.74) is 0.702. The average molecular weight is 228 g/mol. The predicted molar refractivity (Wildman–Crippen MR) is 71.8 cm³/mol. The van der Waals surface area contributed by atoms with Crippen LogP contribution in [0.1, 0.15) is 25.3 Å². The van der Waals surface area contributed by atoms with E-state index in [1.165, 1.54) is 5.56 Å². The van der Waals surface area contributed by atoms with Crippen molar-refractivity contribution in [2.75, 3.05) is 0 Å². The molecule has 17 heavy (non-hydrogen) atoms. The highest BCUT2D eigenvalue weighted by Gasteiger charge is 2.27. The van der Waals surface area contributed by atoms with Gasteiger partial charge in [0.05, 0.1) is 5.60 Å². The first-order chi connectivity index (χ1) is 8.18. The third-order valence-corrected chi connectivity index (χ3v) is 3.46. The predicted octanol–water partition coefficient (Wildman–Crippen LogP) is 3.50. The second kappa shape index (κ2) is 5.33. The molecule has 0 heterocycles. The molecule has 0 saturated carbocycles. The van der Waals surface area contributed by atoms with Crippen molar-refractivity contribution in [3.63, 3.8) is 0 Å². The number of rotatable bonds is 4. The molecule has 1 heteroatoms. The first-order valence-corrected chi connectivity index (χ1v) is 6.31. The van der Waals surface area contributed by atoms with Crippen LogP contribution in [0.5, 0.6) is 0 Å². The fraction of sp³-hybridized carbons (Fsp3) is 0.375. The molecule has 0 fully saturated rings. The van der Waals surface area contributed by atoms with Crippen molar-refractivity contribution in [1.29, 1.82) is 0 Å². The van der Waals surface area contributed by atoms with Gasteiger partial charge in [-0.2, -0.15) is 0 Å². The minimum Gasteiger partial charge on any atom is -0.385 e. The Morgan fingerprint density at radius 3 is 2.65 bits per heavy atom. The Hall–Kier alpha value is -1.34. The lowest BCUT2D eigenvalue weighted by atomic mass is 9.82. The van der Waals surface area contributed by atoms with Gasteiger partial charge in [0.1, 0.15) is 0 Å². The number of hydrogen-bond acceptors (Lipinski definition) is 1. The fourth-order valence-electron chi connectivity index (χ4n) is 2.33. The van der Waals surface area contributed by atoms with Gasteiger partial charge in [-0.3, -0.25) is 0 Å². The van der Waals surface area contributed by atoms with Crippen LogP contribution in [0.2, 0.25) is 0 Å². The molecule has 1 aliphatic rings. The molecular weight excluding hydrogens is 208 g/mol. The van der Waals surface area contributed by atoms with Gasteiger partial charge in [0.2, 0.25) is 0 Å². The van der Waals surface area contributed by atoms with Crippen LogP contribution in [0.3, 0.4) is 0 Å². The minimum absolute atomic E-state index is 0.246. The average Bonchev–Trinajstić information content (AvgIpc) is 2.32. The van der Waals surface area contributed by atoms with Crippen LogP contribution < -0.4 is 0 Å². The van der Waals surface area contributed by atoms with Crippen molar-refractivity contribution < 1.29 is 5.11 Å². The molecule has 1 aromatic rings. The van der Waals surface area contributed by atoms with Crippen LogP contribution in [-0.4, -0.2) is 10.7 Å². The molecule has 1 aliphatic carbocycles. The first-order valence-electron chi connectivity index (χ1n) is 6.31. The number of aryl methyl sites for hydroxylation is 1. The van der Waals surface area contributed by atoms with Crippen molar-refractivity contribution in [1.82, 2.24) is 0 Å². The van der Waals surface area contributed by atoms with Crippen LogP contribution in [0.25, 0.3) is 0 Å². The molecule has 2 atom stereocenters. The maximum atomic E-state index is 10.2. The molecule has 0 bridgehead atoms. The van der Waals surface area contributed by atoms with Gasteiger partial charge in [-0.15, -0.1) is 0 Å². The van der Waals surface area contributed by atoms with Crippen molar-refractivity contribution >= 4 is 0 Å². The lowest BCUT2D eigenvalue weighted by Gasteiger charge is -2.30. The van der Waals surface area contributed by atoms with E-state index in [4.69, 9.17) is 0 Å². The number of hydrogen-bond donors (Lipinski definition) is 1. The summed E-state index contributed by atoms with van der Waals surface area (Å²) >= 11 is 0. The number of aliphatic hydroxyl groups is 1. The Balaban J connectivity index is 1.83. The van der Waals surface area contributed by atoms with Gasteiger partial charge >= 0.3 is 0 Å². The summed E-state index contributed by atoms with van der Waals surface area (Å²) in [6.45, 7) is 1.89. The normalized spacial score (nSPS) is 27.3. The maximum Gasteiger partial charge on any atom is 0.0865 e. The van der Waals surface area contributed by atoms with Gasteiger partial charge in [0.25, 0.3) is 0 Å². The van der Waals surface area contributed by atoms with E-state index in [2.05, 4.69) is 30.3 Å². The molecule has 0 aromatic heterocycles. The summed E-state index contributed by atoms with van der Waals surface area (Å²) in [4.78, 5) is 0. The smallest absolute Gasteiger partial charge is 0.0865 e. The molecule has 0 radical (unpaired) electrons. The van der Waals surface area contributed by atoms with E-state index in [1.54, 1.807) is 0 Å². The van der Waals surface area contributed by atoms with E-state index in [0.29, 0.717) is 0 Å². The zero-order valence-corrected chi connectivity index (χ0v) is 10.3. The minimum atomic E-state index is -0.675. The van der Waals surface area contributed by atoms with Gasteiger partial charge < -0.3 is 5.11 Å². The van der Waals surface area contributed by atoms with Crippen LogP contribution >= 0.6 is 0 Å². The van der Waals surface area contributed by atoms with Crippen molar-refractivity contribution in [3.05, 3.63) is 60.2 Å². The van der Waals surface area contributed by atoms with E-state index in [9.17, 15) is 5.11 Å². The van der Waals surface area contributed by atoms with Gasteiger partial charge in [0, 0.05) is 5.92 Å². The summed E-state index contributed by atoms with van der Waals surface area (Å²) in [7, 11) is 0. The number of allylic oxidation sites excluding steroid dienone is 2. The molecule has 2 unspecified atom stereocenters. The Morgan fingerprint density at radius 1 is 1.18 bits per heavy atom. The van der Waals surface area contributed by atoms with Crippen molar-refractivity contribution in [3.8, 4) is 0 Å². The highest BCUT2D eigenvalue weighted by atomic mass is 16.3. The Bertz CT molecular complexity index is 401. The zero-order chi connectivity index (χ0) is 12.1. The Labute approximate surface area is 103 Å². The van der Waals surface area contributed by atoms with Crippen LogP contribution in [0.15, 0.2) is 54.6 Å². The number of benzene rings is 1. The Kier molecular flexibility index (Phi) is 3.80. The SMILES string of the molecule is CC1(O)C=CC=CC1CCCc1ccccc1. The lowest BCUT2D eigenvalue weighted by Crippen LogP contribution is -2.32.